The van der Waals surface area contributed by atoms with Crippen molar-refractivity contribution in [2.24, 2.45) is 0 Å². The van der Waals surface area contributed by atoms with Crippen LogP contribution >= 0.6 is 0 Å². The van der Waals surface area contributed by atoms with Gasteiger partial charge in [0.2, 0.25) is 0 Å². The molecule has 0 aliphatic rings. The third-order valence-electron chi connectivity index (χ3n) is 3.15. The molecule has 0 radical (unpaired) electrons. The van der Waals surface area contributed by atoms with Crippen LogP contribution in [0.15, 0.2) is 12.2 Å². The molecule has 0 fully saturated rings. The van der Waals surface area contributed by atoms with E-state index in [-0.39, 0.29) is 0 Å². The van der Waals surface area contributed by atoms with Crippen LogP contribution in [0.4, 0.5) is 0 Å². The van der Waals surface area contributed by atoms with Crippen LogP contribution in [0.1, 0.15) is 64.7 Å². The SMILES string of the molecule is CCCCCC#CC#C/C=C/CCCCCC(O)C(=O)OC. The molecule has 3 heteroatoms. The Kier molecular flexibility index (Phi) is 14.5. The van der Waals surface area contributed by atoms with E-state index in [0.717, 1.165) is 38.5 Å². The highest BCUT2D eigenvalue weighted by Crippen LogP contribution is 2.07. The molecule has 0 aromatic carbocycles. The number of carbonyl (C=O) groups is 1. The van der Waals surface area contributed by atoms with Crippen molar-refractivity contribution in [2.75, 3.05) is 7.11 Å². The van der Waals surface area contributed by atoms with E-state index >= 15 is 0 Å². The van der Waals surface area contributed by atoms with Gasteiger partial charge in [-0.05, 0) is 43.6 Å². The van der Waals surface area contributed by atoms with Crippen molar-refractivity contribution < 1.29 is 14.6 Å². The summed E-state index contributed by atoms with van der Waals surface area (Å²) in [6.45, 7) is 2.18. The molecule has 0 bridgehead atoms. The third kappa shape index (κ3) is 13.3. The first kappa shape index (κ1) is 20.3. The van der Waals surface area contributed by atoms with E-state index in [0.29, 0.717) is 6.42 Å². The van der Waals surface area contributed by atoms with Gasteiger partial charge in [-0.25, -0.2) is 4.79 Å². The van der Waals surface area contributed by atoms with E-state index in [2.05, 4.69) is 35.3 Å². The van der Waals surface area contributed by atoms with Gasteiger partial charge in [-0.3, -0.25) is 0 Å². The topological polar surface area (TPSA) is 46.5 Å². The number of rotatable bonds is 10. The lowest BCUT2D eigenvalue weighted by Crippen LogP contribution is -2.21. The highest BCUT2D eigenvalue weighted by molar-refractivity contribution is 5.74. The minimum atomic E-state index is -0.984. The number of esters is 1. The molecule has 0 saturated carbocycles. The van der Waals surface area contributed by atoms with Gasteiger partial charge in [0.25, 0.3) is 0 Å². The largest absolute Gasteiger partial charge is 0.467 e. The summed E-state index contributed by atoms with van der Waals surface area (Å²) in [5.74, 6) is 11.1. The minimum Gasteiger partial charge on any atom is -0.467 e. The Hall–Kier alpha value is -1.71. The predicted octanol–water partition coefficient (Wildman–Crippen LogP) is 3.61. The molecule has 0 spiro atoms. The lowest BCUT2D eigenvalue weighted by molar-refractivity contribution is -0.150. The lowest BCUT2D eigenvalue weighted by Gasteiger charge is -2.06. The summed E-state index contributed by atoms with van der Waals surface area (Å²) >= 11 is 0. The number of aliphatic hydroxyl groups is 1. The highest BCUT2D eigenvalue weighted by atomic mass is 16.5. The number of carbonyl (C=O) groups excluding carboxylic acids is 1. The molecule has 122 valence electrons. The van der Waals surface area contributed by atoms with Crippen molar-refractivity contribution in [2.45, 2.75) is 70.8 Å². The van der Waals surface area contributed by atoms with Gasteiger partial charge < -0.3 is 9.84 Å². The molecule has 0 rings (SSSR count). The van der Waals surface area contributed by atoms with E-state index in [9.17, 15) is 9.90 Å². The molecule has 3 nitrogen and oxygen atoms in total. The monoisotopic (exact) mass is 304 g/mol. The summed E-state index contributed by atoms with van der Waals surface area (Å²) in [7, 11) is 1.28. The first-order chi connectivity index (χ1) is 10.7. The smallest absolute Gasteiger partial charge is 0.334 e. The fraction of sp³-hybridized carbons (Fsp3) is 0.632. The molecule has 1 N–H and O–H groups in total. The standard InChI is InChI=1S/C19H28O3/c1-3-4-5-6-7-8-9-10-11-12-13-14-15-16-17-18(20)19(21)22-2/h11-12,18,20H,3-6,13-17H2,1-2H3/b12-11+. The molecule has 1 atom stereocenters. The molecule has 1 unspecified atom stereocenters. The van der Waals surface area contributed by atoms with E-state index in [4.69, 9.17) is 0 Å². The van der Waals surface area contributed by atoms with Crippen LogP contribution in [0.2, 0.25) is 0 Å². The Morgan fingerprint density at radius 3 is 2.73 bits per heavy atom. The zero-order valence-electron chi connectivity index (χ0n) is 13.9. The van der Waals surface area contributed by atoms with E-state index in [1.807, 2.05) is 12.2 Å². The van der Waals surface area contributed by atoms with Gasteiger partial charge in [0, 0.05) is 6.42 Å². The van der Waals surface area contributed by atoms with Crippen LogP contribution in [0, 0.1) is 23.7 Å². The van der Waals surface area contributed by atoms with Crippen molar-refractivity contribution in [3.05, 3.63) is 12.2 Å². The van der Waals surface area contributed by atoms with Crippen LogP contribution in [-0.2, 0) is 9.53 Å². The van der Waals surface area contributed by atoms with E-state index in [1.165, 1.54) is 20.0 Å². The molecule has 0 amide bonds. The molecule has 0 aromatic heterocycles. The Balaban J connectivity index is 3.54. The third-order valence-corrected chi connectivity index (χ3v) is 3.15. The summed E-state index contributed by atoms with van der Waals surface area (Å²) in [5.41, 5.74) is 0. The molecule has 0 aliphatic heterocycles. The van der Waals surface area contributed by atoms with Gasteiger partial charge in [-0.15, -0.1) is 0 Å². The number of unbranched alkanes of at least 4 members (excludes halogenated alkanes) is 6. The highest BCUT2D eigenvalue weighted by Gasteiger charge is 2.13. The first-order valence-electron chi connectivity index (χ1n) is 8.11. The Labute approximate surface area is 135 Å². The Bertz CT molecular complexity index is 429. The fourth-order valence-electron chi connectivity index (χ4n) is 1.82. The van der Waals surface area contributed by atoms with Crippen molar-refractivity contribution in [3.8, 4) is 23.7 Å². The maximum absolute atomic E-state index is 11.0. The van der Waals surface area contributed by atoms with Crippen molar-refractivity contribution in [1.29, 1.82) is 0 Å². The second-order valence-electron chi connectivity index (χ2n) is 5.11. The van der Waals surface area contributed by atoms with Crippen LogP contribution in [-0.4, -0.2) is 24.3 Å². The van der Waals surface area contributed by atoms with Gasteiger partial charge in [0.15, 0.2) is 6.10 Å². The van der Waals surface area contributed by atoms with Crippen LogP contribution in [0.3, 0.4) is 0 Å². The van der Waals surface area contributed by atoms with Gasteiger partial charge in [0.1, 0.15) is 0 Å². The van der Waals surface area contributed by atoms with Crippen LogP contribution < -0.4 is 0 Å². The average Bonchev–Trinajstić information content (AvgIpc) is 2.54. The minimum absolute atomic E-state index is 0.462. The van der Waals surface area contributed by atoms with Gasteiger partial charge in [-0.2, -0.15) is 0 Å². The normalized spacial score (nSPS) is 11.2. The number of methoxy groups -OCH3 is 1. The molecule has 0 saturated heterocycles. The maximum Gasteiger partial charge on any atom is 0.334 e. The second kappa shape index (κ2) is 15.7. The van der Waals surface area contributed by atoms with Gasteiger partial charge >= 0.3 is 5.97 Å². The van der Waals surface area contributed by atoms with Crippen molar-refractivity contribution in [1.82, 2.24) is 0 Å². The zero-order valence-corrected chi connectivity index (χ0v) is 13.9. The lowest BCUT2D eigenvalue weighted by atomic mass is 10.1. The molecular weight excluding hydrogens is 276 g/mol. The van der Waals surface area contributed by atoms with Crippen molar-refractivity contribution >= 4 is 5.97 Å². The van der Waals surface area contributed by atoms with Gasteiger partial charge in [-0.1, -0.05) is 50.5 Å². The number of hydrogen-bond acceptors (Lipinski definition) is 3. The number of aliphatic hydroxyl groups excluding tert-OH is 1. The summed E-state index contributed by atoms with van der Waals surface area (Å²) in [5, 5.41) is 9.39. The zero-order chi connectivity index (χ0) is 16.5. The van der Waals surface area contributed by atoms with Crippen LogP contribution in [0.25, 0.3) is 0 Å². The molecule has 0 aliphatic carbocycles. The molecular formula is C19H28O3. The number of ether oxygens (including phenoxy) is 1. The fourth-order valence-corrected chi connectivity index (χ4v) is 1.82. The summed E-state index contributed by atoms with van der Waals surface area (Å²) < 4.78 is 4.46. The summed E-state index contributed by atoms with van der Waals surface area (Å²) in [6, 6.07) is 0. The van der Waals surface area contributed by atoms with E-state index in [1.54, 1.807) is 0 Å². The summed E-state index contributed by atoms with van der Waals surface area (Å²) in [6.07, 6.45) is 11.7. The van der Waals surface area contributed by atoms with Crippen molar-refractivity contribution in [3.63, 3.8) is 0 Å². The van der Waals surface area contributed by atoms with Crippen LogP contribution in [0.5, 0.6) is 0 Å². The summed E-state index contributed by atoms with van der Waals surface area (Å²) in [4.78, 5) is 11.0. The van der Waals surface area contributed by atoms with Gasteiger partial charge in [0.05, 0.1) is 7.11 Å². The Morgan fingerprint density at radius 2 is 2.00 bits per heavy atom. The second-order valence-corrected chi connectivity index (χ2v) is 5.11. The average molecular weight is 304 g/mol. The van der Waals surface area contributed by atoms with E-state index < -0.39 is 12.1 Å². The molecule has 0 aromatic rings. The predicted molar refractivity (Wildman–Crippen MR) is 89.9 cm³/mol. The maximum atomic E-state index is 11.0. The number of allylic oxidation sites excluding steroid dienone is 2. The Morgan fingerprint density at radius 1 is 1.18 bits per heavy atom. The first-order valence-corrected chi connectivity index (χ1v) is 8.11. The number of hydrogen-bond donors (Lipinski definition) is 1. The quantitative estimate of drug-likeness (QED) is 0.381. The molecule has 0 heterocycles. The molecule has 22 heavy (non-hydrogen) atoms.